The van der Waals surface area contributed by atoms with Crippen LogP contribution in [0.25, 0.3) is 5.76 Å². The molecule has 1 unspecified atom stereocenters. The van der Waals surface area contributed by atoms with Crippen molar-refractivity contribution in [3.63, 3.8) is 0 Å². The van der Waals surface area contributed by atoms with E-state index < -0.39 is 17.7 Å². The van der Waals surface area contributed by atoms with Crippen LogP contribution in [0.3, 0.4) is 0 Å². The number of nitrogens with zero attached hydrogens (tertiary/aromatic N) is 1. The summed E-state index contributed by atoms with van der Waals surface area (Å²) in [6, 6.07) is 19.4. The Morgan fingerprint density at radius 1 is 0.974 bits per heavy atom. The second kappa shape index (κ2) is 9.89. The molecule has 0 aliphatic carbocycles. The number of likely N-dealkylation sites (tertiary alicyclic amines) is 1. The molecule has 5 rings (SSSR count). The van der Waals surface area contributed by atoms with Gasteiger partial charge in [0.25, 0.3) is 11.7 Å². The third-order valence-electron chi connectivity index (χ3n) is 6.98. The molecule has 2 aliphatic heterocycles. The number of methoxy groups -OCH3 is 1. The lowest BCUT2D eigenvalue weighted by molar-refractivity contribution is -0.140. The normalized spacial score (nSPS) is 18.5. The van der Waals surface area contributed by atoms with Crippen molar-refractivity contribution in [3.05, 3.63) is 94.6 Å². The molecule has 196 valence electrons. The van der Waals surface area contributed by atoms with Crippen LogP contribution in [0.15, 0.2) is 72.3 Å². The Kier molecular flexibility index (Phi) is 6.61. The molecule has 0 radical (unpaired) electrons. The number of rotatable bonds is 5. The number of Topliss-reactive ketones (excluding diaryl/α,β-unsaturated/α-hetero) is 1. The second-order valence-corrected chi connectivity index (χ2v) is 10.5. The van der Waals surface area contributed by atoms with Crippen molar-refractivity contribution >= 4 is 17.4 Å². The average Bonchev–Trinajstić information content (AvgIpc) is 3.17. The maximum absolute atomic E-state index is 13.5. The Labute approximate surface area is 222 Å². The summed E-state index contributed by atoms with van der Waals surface area (Å²) in [7, 11) is 1.57. The van der Waals surface area contributed by atoms with Crippen LogP contribution < -0.4 is 14.2 Å². The Hall–Kier alpha value is -4.26. The number of hydrogen-bond donors (Lipinski definition) is 1. The number of fused-ring (bicyclic) bond motifs is 1. The van der Waals surface area contributed by atoms with E-state index >= 15 is 0 Å². The monoisotopic (exact) mass is 513 g/mol. The number of amides is 1. The standard InChI is InChI=1S/C31H31NO6/c1-31(2,3)22-12-9-19(10-13-22)27-26(28(33)20-11-14-24-25(17-20)38-16-15-37-24)29(34)30(35)32(27)18-21-7-5-6-8-23(21)36-4/h5-14,17,27,33H,15-16,18H2,1-4H3/b28-26-. The maximum atomic E-state index is 13.5. The molecular weight excluding hydrogens is 482 g/mol. The van der Waals surface area contributed by atoms with Gasteiger partial charge in [-0.15, -0.1) is 0 Å². The van der Waals surface area contributed by atoms with Gasteiger partial charge in [-0.3, -0.25) is 9.59 Å². The maximum Gasteiger partial charge on any atom is 0.295 e. The topological polar surface area (TPSA) is 85.3 Å². The fraction of sp³-hybridized carbons (Fsp3) is 0.290. The number of aliphatic hydroxyl groups excluding tert-OH is 1. The van der Waals surface area contributed by atoms with Crippen LogP contribution in [0.2, 0.25) is 0 Å². The molecule has 7 nitrogen and oxygen atoms in total. The fourth-order valence-corrected chi connectivity index (χ4v) is 4.92. The molecule has 2 heterocycles. The highest BCUT2D eigenvalue weighted by molar-refractivity contribution is 6.46. The van der Waals surface area contributed by atoms with Gasteiger partial charge in [-0.25, -0.2) is 0 Å². The van der Waals surface area contributed by atoms with Crippen molar-refractivity contribution in [2.24, 2.45) is 0 Å². The molecular formula is C31H31NO6. The lowest BCUT2D eigenvalue weighted by Crippen LogP contribution is -2.29. The minimum Gasteiger partial charge on any atom is -0.507 e. The Balaban J connectivity index is 1.64. The van der Waals surface area contributed by atoms with Gasteiger partial charge in [0.1, 0.15) is 24.7 Å². The van der Waals surface area contributed by atoms with Crippen LogP contribution in [-0.4, -0.2) is 42.0 Å². The molecule has 38 heavy (non-hydrogen) atoms. The molecule has 3 aromatic rings. The third-order valence-corrected chi connectivity index (χ3v) is 6.98. The van der Waals surface area contributed by atoms with Gasteiger partial charge in [-0.1, -0.05) is 63.2 Å². The highest BCUT2D eigenvalue weighted by Crippen LogP contribution is 2.42. The van der Waals surface area contributed by atoms with Gasteiger partial charge >= 0.3 is 0 Å². The van der Waals surface area contributed by atoms with Gasteiger partial charge < -0.3 is 24.2 Å². The molecule has 1 N–H and O–H groups in total. The van der Waals surface area contributed by atoms with Crippen LogP contribution in [0.4, 0.5) is 0 Å². The van der Waals surface area contributed by atoms with Gasteiger partial charge in [0.15, 0.2) is 11.5 Å². The molecule has 3 aromatic carbocycles. The summed E-state index contributed by atoms with van der Waals surface area (Å²) < 4.78 is 16.8. The highest BCUT2D eigenvalue weighted by atomic mass is 16.6. The fourth-order valence-electron chi connectivity index (χ4n) is 4.92. The predicted molar refractivity (Wildman–Crippen MR) is 143 cm³/mol. The summed E-state index contributed by atoms with van der Waals surface area (Å²) in [5.74, 6) is -0.0127. The Morgan fingerprint density at radius 3 is 2.34 bits per heavy atom. The Bertz CT molecular complexity index is 1420. The lowest BCUT2D eigenvalue weighted by Gasteiger charge is -2.27. The van der Waals surface area contributed by atoms with Crippen molar-refractivity contribution < 1.29 is 28.9 Å². The minimum atomic E-state index is -0.790. The number of carbonyl (C=O) groups excluding carboxylic acids is 2. The zero-order chi connectivity index (χ0) is 27.0. The number of carbonyl (C=O) groups is 2. The van der Waals surface area contributed by atoms with Crippen molar-refractivity contribution in [1.82, 2.24) is 4.90 Å². The van der Waals surface area contributed by atoms with Crippen molar-refractivity contribution in [3.8, 4) is 17.2 Å². The summed E-state index contributed by atoms with van der Waals surface area (Å²) in [6.07, 6.45) is 0. The first-order valence-corrected chi connectivity index (χ1v) is 12.6. The smallest absolute Gasteiger partial charge is 0.295 e. The van der Waals surface area contributed by atoms with Crippen LogP contribution in [0, 0.1) is 0 Å². The molecule has 0 spiro atoms. The number of aliphatic hydroxyl groups is 1. The van der Waals surface area contributed by atoms with E-state index in [1.807, 2.05) is 48.5 Å². The summed E-state index contributed by atoms with van der Waals surface area (Å²) in [6.45, 7) is 7.34. The van der Waals surface area contributed by atoms with E-state index in [9.17, 15) is 14.7 Å². The van der Waals surface area contributed by atoms with Gasteiger partial charge in [-0.05, 0) is 40.8 Å². The van der Waals surface area contributed by atoms with Gasteiger partial charge in [0, 0.05) is 11.1 Å². The number of ether oxygens (including phenoxy) is 3. The van der Waals surface area contributed by atoms with E-state index in [0.29, 0.717) is 36.0 Å². The largest absolute Gasteiger partial charge is 0.507 e. The Morgan fingerprint density at radius 2 is 1.66 bits per heavy atom. The average molecular weight is 514 g/mol. The SMILES string of the molecule is COc1ccccc1CN1C(=O)C(=O)/C(=C(\O)c2ccc3c(c2)OCCO3)C1c1ccc(C(C)(C)C)cc1. The van der Waals surface area contributed by atoms with Gasteiger partial charge in [0.05, 0.1) is 25.3 Å². The second-order valence-electron chi connectivity index (χ2n) is 10.5. The zero-order valence-corrected chi connectivity index (χ0v) is 22.0. The quantitative estimate of drug-likeness (QED) is 0.280. The zero-order valence-electron chi connectivity index (χ0n) is 22.0. The highest BCUT2D eigenvalue weighted by Gasteiger charge is 2.46. The van der Waals surface area contributed by atoms with E-state index in [4.69, 9.17) is 14.2 Å². The molecule has 7 heteroatoms. The molecule has 1 atom stereocenters. The predicted octanol–water partition coefficient (Wildman–Crippen LogP) is 5.39. The van der Waals surface area contributed by atoms with Gasteiger partial charge in [-0.2, -0.15) is 0 Å². The first kappa shape index (κ1) is 25.4. The van der Waals surface area contributed by atoms with Gasteiger partial charge in [0.2, 0.25) is 0 Å². The molecule has 0 aromatic heterocycles. The van der Waals surface area contributed by atoms with Crippen LogP contribution >= 0.6 is 0 Å². The van der Waals surface area contributed by atoms with Crippen LogP contribution in [-0.2, 0) is 21.5 Å². The number of ketones is 1. The van der Waals surface area contributed by atoms with E-state index in [2.05, 4.69) is 20.8 Å². The van der Waals surface area contributed by atoms with Crippen LogP contribution in [0.5, 0.6) is 17.2 Å². The van der Waals surface area contributed by atoms with E-state index in [1.165, 1.54) is 4.90 Å². The van der Waals surface area contributed by atoms with Crippen molar-refractivity contribution in [2.45, 2.75) is 38.8 Å². The summed E-state index contributed by atoms with van der Waals surface area (Å²) in [4.78, 5) is 28.4. The molecule has 1 fully saturated rings. The molecule has 1 amide bonds. The third kappa shape index (κ3) is 4.60. The summed E-state index contributed by atoms with van der Waals surface area (Å²) >= 11 is 0. The molecule has 0 saturated carbocycles. The molecule has 1 saturated heterocycles. The van der Waals surface area contributed by atoms with E-state index in [1.54, 1.807) is 25.3 Å². The molecule has 0 bridgehead atoms. The number of para-hydroxylation sites is 1. The van der Waals surface area contributed by atoms with Crippen LogP contribution in [0.1, 0.15) is 49.1 Å². The number of hydrogen-bond acceptors (Lipinski definition) is 6. The summed E-state index contributed by atoms with van der Waals surface area (Å²) in [5, 5.41) is 11.5. The molecule has 2 aliphatic rings. The first-order chi connectivity index (χ1) is 18.2. The number of benzene rings is 3. The first-order valence-electron chi connectivity index (χ1n) is 12.6. The lowest BCUT2D eigenvalue weighted by atomic mass is 9.85. The minimum absolute atomic E-state index is 0.0325. The van der Waals surface area contributed by atoms with E-state index in [-0.39, 0.29) is 23.3 Å². The van der Waals surface area contributed by atoms with E-state index in [0.717, 1.165) is 16.7 Å². The summed E-state index contributed by atoms with van der Waals surface area (Å²) in [5.41, 5.74) is 2.95. The van der Waals surface area contributed by atoms with Crippen molar-refractivity contribution in [2.75, 3.05) is 20.3 Å². The van der Waals surface area contributed by atoms with Crippen molar-refractivity contribution in [1.29, 1.82) is 0 Å².